The molecule has 0 fully saturated rings. The highest BCUT2D eigenvalue weighted by Crippen LogP contribution is 2.28. The first-order valence-electron chi connectivity index (χ1n) is 7.81. The third kappa shape index (κ3) is 6.72. The van der Waals surface area contributed by atoms with E-state index in [1.54, 1.807) is 12.1 Å². The first kappa shape index (κ1) is 19.8. The van der Waals surface area contributed by atoms with Crippen LogP contribution in [0.25, 0.3) is 0 Å². The monoisotopic (exact) mass is 389 g/mol. The van der Waals surface area contributed by atoms with Gasteiger partial charge in [-0.05, 0) is 36.8 Å². The number of carboxylic acid groups (broad SMARTS) is 1. The number of hydrogen-bond acceptors (Lipinski definition) is 5. The number of nitrogens with one attached hydrogen (secondary N) is 3. The number of nitriles is 1. The van der Waals surface area contributed by atoms with Gasteiger partial charge in [-0.2, -0.15) is 5.26 Å². The lowest BCUT2D eigenvalue weighted by Crippen LogP contribution is -2.23. The van der Waals surface area contributed by atoms with Crippen LogP contribution < -0.4 is 20.7 Å². The van der Waals surface area contributed by atoms with Gasteiger partial charge in [-0.1, -0.05) is 11.6 Å². The Hall–Kier alpha value is -3.51. The van der Waals surface area contributed by atoms with Crippen molar-refractivity contribution in [1.82, 2.24) is 10.3 Å². The maximum absolute atomic E-state index is 12.1. The summed E-state index contributed by atoms with van der Waals surface area (Å²) in [5.41, 5.74) is 0.726. The highest BCUT2D eigenvalue weighted by molar-refractivity contribution is 6.31. The van der Waals surface area contributed by atoms with Crippen molar-refractivity contribution in [2.45, 2.75) is 6.42 Å². The zero-order chi connectivity index (χ0) is 19.6. The summed E-state index contributed by atoms with van der Waals surface area (Å²) in [7, 11) is 0. The minimum absolute atomic E-state index is 0.245. The molecule has 0 radical (unpaired) electrons. The lowest BCUT2D eigenvalue weighted by atomic mass is 10.3. The average molecular weight is 390 g/mol. The molecule has 2 aromatic rings. The molecule has 0 spiro atoms. The number of benzene rings is 1. The highest BCUT2D eigenvalue weighted by atomic mass is 35.5. The summed E-state index contributed by atoms with van der Waals surface area (Å²) >= 11 is 5.97. The van der Waals surface area contributed by atoms with Crippen molar-refractivity contribution in [2.75, 3.05) is 23.8 Å². The van der Waals surface area contributed by atoms with Gasteiger partial charge >= 0.3 is 12.1 Å². The molecule has 0 aliphatic carbocycles. The Labute approximate surface area is 159 Å². The van der Waals surface area contributed by atoms with Crippen LogP contribution in [0.15, 0.2) is 36.5 Å². The summed E-state index contributed by atoms with van der Waals surface area (Å²) in [5, 5.41) is 25.0. The molecule has 9 nitrogen and oxygen atoms in total. The van der Waals surface area contributed by atoms with Crippen molar-refractivity contribution in [2.24, 2.45) is 0 Å². The lowest BCUT2D eigenvalue weighted by Gasteiger charge is -2.13. The molecule has 140 valence electrons. The SMILES string of the molecule is N#Cc1ccc(NC(=O)Nc2cc(Cl)ccc2OCCCNC(=O)O)nc1. The molecule has 3 amide bonds. The second-order valence-corrected chi connectivity index (χ2v) is 5.63. The summed E-state index contributed by atoms with van der Waals surface area (Å²) < 4.78 is 5.57. The molecule has 0 atom stereocenters. The predicted octanol–water partition coefficient (Wildman–Crippen LogP) is 3.29. The zero-order valence-corrected chi connectivity index (χ0v) is 14.8. The summed E-state index contributed by atoms with van der Waals surface area (Å²) in [6.45, 7) is 0.492. The molecular weight excluding hydrogens is 374 g/mol. The van der Waals surface area contributed by atoms with Crippen molar-refractivity contribution in [3.63, 3.8) is 0 Å². The van der Waals surface area contributed by atoms with Gasteiger partial charge in [0.1, 0.15) is 17.6 Å². The van der Waals surface area contributed by atoms with E-state index in [2.05, 4.69) is 20.9 Å². The highest BCUT2D eigenvalue weighted by Gasteiger charge is 2.10. The molecule has 0 aliphatic rings. The van der Waals surface area contributed by atoms with Gasteiger partial charge in [-0.25, -0.2) is 14.6 Å². The molecule has 0 bridgehead atoms. The number of hydrogen-bond donors (Lipinski definition) is 4. The summed E-state index contributed by atoms with van der Waals surface area (Å²) in [5.74, 6) is 0.661. The number of carbonyl (C=O) groups excluding carboxylic acids is 1. The Kier molecular flexibility index (Phi) is 7.22. The summed E-state index contributed by atoms with van der Waals surface area (Å²) in [6, 6.07) is 9.14. The van der Waals surface area contributed by atoms with Crippen molar-refractivity contribution in [3.05, 3.63) is 47.1 Å². The number of aromatic nitrogens is 1. The maximum Gasteiger partial charge on any atom is 0.404 e. The maximum atomic E-state index is 12.1. The largest absolute Gasteiger partial charge is 0.491 e. The van der Waals surface area contributed by atoms with Gasteiger partial charge in [0.25, 0.3) is 0 Å². The minimum atomic E-state index is -1.10. The number of ether oxygens (including phenoxy) is 1. The molecule has 0 unspecified atom stereocenters. The number of amides is 3. The van der Waals surface area contributed by atoms with Crippen LogP contribution in [0.2, 0.25) is 5.02 Å². The van der Waals surface area contributed by atoms with Crippen LogP contribution in [0.3, 0.4) is 0 Å². The van der Waals surface area contributed by atoms with E-state index in [0.29, 0.717) is 28.4 Å². The zero-order valence-electron chi connectivity index (χ0n) is 14.0. The van der Waals surface area contributed by atoms with Crippen LogP contribution in [-0.2, 0) is 0 Å². The molecule has 1 heterocycles. The number of carbonyl (C=O) groups is 2. The standard InChI is InChI=1S/C17H16ClN5O4/c18-12-3-4-14(27-7-1-6-20-17(25)26)13(8-12)22-16(24)23-15-5-2-11(9-19)10-21-15/h2-5,8,10,20H,1,6-7H2,(H,25,26)(H2,21,22,23,24). The van der Waals surface area contributed by atoms with Gasteiger partial charge in [-0.3, -0.25) is 5.32 Å². The summed E-state index contributed by atoms with van der Waals surface area (Å²) in [4.78, 5) is 26.5. The molecule has 0 saturated carbocycles. The number of pyridine rings is 1. The lowest BCUT2D eigenvalue weighted by molar-refractivity contribution is 0.193. The van der Waals surface area contributed by atoms with Crippen molar-refractivity contribution < 1.29 is 19.4 Å². The van der Waals surface area contributed by atoms with Crippen LogP contribution in [0.1, 0.15) is 12.0 Å². The summed E-state index contributed by atoms with van der Waals surface area (Å²) in [6.07, 6.45) is 0.696. The molecule has 27 heavy (non-hydrogen) atoms. The number of halogens is 1. The van der Waals surface area contributed by atoms with Crippen molar-refractivity contribution >= 4 is 35.2 Å². The molecule has 0 saturated heterocycles. The molecule has 10 heteroatoms. The van der Waals surface area contributed by atoms with Crippen molar-refractivity contribution in [3.8, 4) is 11.8 Å². The number of urea groups is 1. The van der Waals surface area contributed by atoms with Crippen molar-refractivity contribution in [1.29, 1.82) is 5.26 Å². The number of anilines is 2. The minimum Gasteiger partial charge on any atom is -0.491 e. The topological polar surface area (TPSA) is 136 Å². The molecule has 0 aliphatic heterocycles. The number of rotatable bonds is 7. The van der Waals surface area contributed by atoms with Gasteiger partial charge in [0.2, 0.25) is 0 Å². The Morgan fingerprint density at radius 3 is 2.74 bits per heavy atom. The van der Waals surface area contributed by atoms with Gasteiger partial charge in [0, 0.05) is 17.8 Å². The van der Waals surface area contributed by atoms with E-state index in [0.717, 1.165) is 0 Å². The van der Waals surface area contributed by atoms with Crippen LogP contribution in [-0.4, -0.2) is 35.4 Å². The first-order valence-corrected chi connectivity index (χ1v) is 8.19. The normalized spacial score (nSPS) is 9.78. The van der Waals surface area contributed by atoms with E-state index in [-0.39, 0.29) is 19.0 Å². The molecular formula is C17H16ClN5O4. The second-order valence-electron chi connectivity index (χ2n) is 5.20. The molecule has 1 aromatic carbocycles. The average Bonchev–Trinajstić information content (AvgIpc) is 2.63. The van der Waals surface area contributed by atoms with E-state index < -0.39 is 12.1 Å². The van der Waals surface area contributed by atoms with Gasteiger partial charge in [0.15, 0.2) is 0 Å². The van der Waals surface area contributed by atoms with E-state index in [9.17, 15) is 9.59 Å². The Morgan fingerprint density at radius 2 is 2.07 bits per heavy atom. The van der Waals surface area contributed by atoms with Gasteiger partial charge in [-0.15, -0.1) is 0 Å². The van der Waals surface area contributed by atoms with E-state index in [4.69, 9.17) is 26.7 Å². The number of nitrogens with zero attached hydrogens (tertiary/aromatic N) is 2. The quantitative estimate of drug-likeness (QED) is 0.536. The van der Waals surface area contributed by atoms with E-state index >= 15 is 0 Å². The fraction of sp³-hybridized carbons (Fsp3) is 0.176. The van der Waals surface area contributed by atoms with Gasteiger partial charge in [0.05, 0.1) is 17.9 Å². The predicted molar refractivity (Wildman–Crippen MR) is 99.2 cm³/mol. The Morgan fingerprint density at radius 1 is 1.26 bits per heavy atom. The molecule has 2 rings (SSSR count). The third-order valence-corrected chi connectivity index (χ3v) is 3.41. The first-order chi connectivity index (χ1) is 13.0. The van der Waals surface area contributed by atoms with E-state index in [1.807, 2.05) is 6.07 Å². The smallest absolute Gasteiger partial charge is 0.404 e. The van der Waals surface area contributed by atoms with Crippen LogP contribution >= 0.6 is 11.6 Å². The van der Waals surface area contributed by atoms with Gasteiger partial charge < -0.3 is 20.5 Å². The fourth-order valence-corrected chi connectivity index (χ4v) is 2.15. The van der Waals surface area contributed by atoms with Crippen LogP contribution in [0, 0.1) is 11.3 Å². The second kappa shape index (κ2) is 9.84. The Balaban J connectivity index is 1.95. The third-order valence-electron chi connectivity index (χ3n) is 3.18. The fourth-order valence-electron chi connectivity index (χ4n) is 1.98. The molecule has 1 aromatic heterocycles. The van der Waals surface area contributed by atoms with E-state index in [1.165, 1.54) is 24.4 Å². The van der Waals surface area contributed by atoms with Crippen LogP contribution in [0.5, 0.6) is 5.75 Å². The van der Waals surface area contributed by atoms with Crippen LogP contribution in [0.4, 0.5) is 21.1 Å². The Bertz CT molecular complexity index is 851. The molecule has 4 N–H and O–H groups in total.